The molecule has 1 amide bonds. The molecule has 1 saturated heterocycles. The van der Waals surface area contributed by atoms with E-state index < -0.39 is 0 Å². The number of hydrogen-bond acceptors (Lipinski definition) is 4. The number of morpholine rings is 1. The number of nitrogens with zero attached hydrogens (tertiary/aromatic N) is 2. The molecular formula is C30H37N3O3. The first-order valence-corrected chi connectivity index (χ1v) is 13.4. The van der Waals surface area contributed by atoms with Crippen LogP contribution in [0.5, 0.6) is 0 Å². The van der Waals surface area contributed by atoms with E-state index in [-0.39, 0.29) is 23.4 Å². The smallest absolute Gasteiger partial charge is 0.253 e. The second kappa shape index (κ2) is 11.4. The fourth-order valence-corrected chi connectivity index (χ4v) is 5.74. The maximum atomic E-state index is 14.0. The van der Waals surface area contributed by atoms with Gasteiger partial charge in [-0.15, -0.1) is 0 Å². The lowest BCUT2D eigenvalue weighted by Crippen LogP contribution is -2.47. The number of hydrogen-bond donors (Lipinski definition) is 1. The topological polar surface area (TPSA) is 65.6 Å². The van der Waals surface area contributed by atoms with Crippen molar-refractivity contribution in [1.82, 2.24) is 14.8 Å². The molecule has 1 saturated carbocycles. The lowest BCUT2D eigenvalue weighted by atomic mass is 9.88. The standard InChI is InChI=1S/C30H37N3O3/c1-22-12-13-27-25(18-22)19-26(29(34)31-27)20-33(30(35)24-10-6-3-7-11-24)21-28(23-8-4-2-5-9-23)32-14-16-36-17-15-32/h2,4-5,8-9,12-13,18-19,24,28H,3,6-7,10-11,14-17,20-21H2,1H3,(H,31,34). The summed E-state index contributed by atoms with van der Waals surface area (Å²) in [6, 6.07) is 18.5. The van der Waals surface area contributed by atoms with Gasteiger partial charge in [-0.05, 0) is 48.9 Å². The number of amides is 1. The van der Waals surface area contributed by atoms with Crippen molar-refractivity contribution in [2.45, 2.75) is 51.6 Å². The highest BCUT2D eigenvalue weighted by atomic mass is 16.5. The molecule has 0 radical (unpaired) electrons. The van der Waals surface area contributed by atoms with Gasteiger partial charge in [-0.1, -0.05) is 61.2 Å². The minimum atomic E-state index is -0.115. The van der Waals surface area contributed by atoms with Crippen molar-refractivity contribution in [3.8, 4) is 0 Å². The van der Waals surface area contributed by atoms with E-state index in [4.69, 9.17) is 4.74 Å². The molecule has 190 valence electrons. The minimum absolute atomic E-state index is 0.0432. The summed E-state index contributed by atoms with van der Waals surface area (Å²) in [5.74, 6) is 0.231. The number of H-pyrrole nitrogens is 1. The summed E-state index contributed by atoms with van der Waals surface area (Å²) in [5, 5.41) is 1.00. The Bertz CT molecular complexity index is 1230. The second-order valence-corrected chi connectivity index (χ2v) is 10.3. The van der Waals surface area contributed by atoms with E-state index in [1.54, 1.807) is 0 Å². The van der Waals surface area contributed by atoms with Gasteiger partial charge < -0.3 is 14.6 Å². The first kappa shape index (κ1) is 24.7. The molecule has 1 aliphatic heterocycles. The highest BCUT2D eigenvalue weighted by molar-refractivity contribution is 5.81. The molecule has 2 heterocycles. The van der Waals surface area contributed by atoms with Crippen molar-refractivity contribution in [1.29, 1.82) is 0 Å². The average molecular weight is 488 g/mol. The molecule has 6 heteroatoms. The van der Waals surface area contributed by atoms with Gasteiger partial charge in [0.25, 0.3) is 5.56 Å². The van der Waals surface area contributed by atoms with Gasteiger partial charge in [-0.3, -0.25) is 14.5 Å². The SMILES string of the molecule is Cc1ccc2[nH]c(=O)c(CN(CC(c3ccccc3)N3CCOCC3)C(=O)C3CCCCC3)cc2c1. The number of nitrogens with one attached hydrogen (secondary N) is 1. The third-order valence-electron chi connectivity index (χ3n) is 7.77. The molecule has 5 rings (SSSR count). The van der Waals surface area contributed by atoms with Gasteiger partial charge in [0, 0.05) is 36.6 Å². The van der Waals surface area contributed by atoms with E-state index in [2.05, 4.69) is 47.1 Å². The first-order chi connectivity index (χ1) is 17.6. The van der Waals surface area contributed by atoms with Crippen LogP contribution in [-0.4, -0.2) is 53.5 Å². The summed E-state index contributed by atoms with van der Waals surface area (Å²) in [6.07, 6.45) is 5.29. The van der Waals surface area contributed by atoms with Crippen LogP contribution in [0.4, 0.5) is 0 Å². The monoisotopic (exact) mass is 487 g/mol. The molecule has 1 atom stereocenters. The number of benzene rings is 2. The zero-order chi connectivity index (χ0) is 24.9. The van der Waals surface area contributed by atoms with Gasteiger partial charge in [-0.25, -0.2) is 0 Å². The number of aromatic nitrogens is 1. The predicted molar refractivity (Wildman–Crippen MR) is 143 cm³/mol. The fraction of sp³-hybridized carbons (Fsp3) is 0.467. The maximum Gasteiger partial charge on any atom is 0.253 e. The molecular weight excluding hydrogens is 450 g/mol. The summed E-state index contributed by atoms with van der Waals surface area (Å²) in [5.41, 5.74) is 3.70. The van der Waals surface area contributed by atoms with Crippen molar-refractivity contribution in [2.75, 3.05) is 32.8 Å². The van der Waals surface area contributed by atoms with Crippen molar-refractivity contribution >= 4 is 16.8 Å². The van der Waals surface area contributed by atoms with Crippen LogP contribution in [0.1, 0.15) is 54.8 Å². The number of carbonyl (C=O) groups excluding carboxylic acids is 1. The number of aromatic amines is 1. The van der Waals surface area contributed by atoms with E-state index in [9.17, 15) is 9.59 Å². The van der Waals surface area contributed by atoms with Crippen LogP contribution in [0.25, 0.3) is 10.9 Å². The van der Waals surface area contributed by atoms with Crippen LogP contribution in [0.2, 0.25) is 0 Å². The summed E-state index contributed by atoms with van der Waals surface area (Å²) >= 11 is 0. The number of carbonyl (C=O) groups is 1. The molecule has 1 N–H and O–H groups in total. The van der Waals surface area contributed by atoms with E-state index in [0.717, 1.165) is 55.2 Å². The van der Waals surface area contributed by atoms with Crippen LogP contribution in [-0.2, 0) is 16.1 Å². The van der Waals surface area contributed by atoms with E-state index in [1.807, 2.05) is 29.2 Å². The Morgan fingerprint density at radius 2 is 1.81 bits per heavy atom. The summed E-state index contributed by atoms with van der Waals surface area (Å²) in [4.78, 5) is 34.5. The molecule has 2 aliphatic rings. The number of pyridine rings is 1. The zero-order valence-corrected chi connectivity index (χ0v) is 21.2. The largest absolute Gasteiger partial charge is 0.379 e. The van der Waals surface area contributed by atoms with Crippen LogP contribution in [0.3, 0.4) is 0 Å². The Morgan fingerprint density at radius 1 is 1.06 bits per heavy atom. The quantitative estimate of drug-likeness (QED) is 0.519. The molecule has 2 aromatic carbocycles. The second-order valence-electron chi connectivity index (χ2n) is 10.3. The molecule has 36 heavy (non-hydrogen) atoms. The van der Waals surface area contributed by atoms with Gasteiger partial charge in [0.15, 0.2) is 0 Å². The Balaban J connectivity index is 1.49. The van der Waals surface area contributed by atoms with Crippen molar-refractivity contribution in [2.24, 2.45) is 5.92 Å². The molecule has 1 aromatic heterocycles. The number of aryl methyl sites for hydroxylation is 1. The van der Waals surface area contributed by atoms with Gasteiger partial charge in [0.1, 0.15) is 0 Å². The van der Waals surface area contributed by atoms with Gasteiger partial charge in [0.2, 0.25) is 5.91 Å². The Kier molecular flexibility index (Phi) is 7.83. The number of fused-ring (bicyclic) bond motifs is 1. The third kappa shape index (κ3) is 5.71. The van der Waals surface area contributed by atoms with Gasteiger partial charge in [-0.2, -0.15) is 0 Å². The first-order valence-electron chi connectivity index (χ1n) is 13.4. The highest BCUT2D eigenvalue weighted by Crippen LogP contribution is 2.29. The molecule has 6 nitrogen and oxygen atoms in total. The minimum Gasteiger partial charge on any atom is -0.379 e. The zero-order valence-electron chi connectivity index (χ0n) is 21.2. The van der Waals surface area contributed by atoms with Gasteiger partial charge >= 0.3 is 0 Å². The van der Waals surface area contributed by atoms with Crippen molar-refractivity contribution in [3.63, 3.8) is 0 Å². The lowest BCUT2D eigenvalue weighted by molar-refractivity contribution is -0.138. The Morgan fingerprint density at radius 3 is 2.56 bits per heavy atom. The average Bonchev–Trinajstić information content (AvgIpc) is 2.92. The third-order valence-corrected chi connectivity index (χ3v) is 7.77. The maximum absolute atomic E-state index is 14.0. The number of ether oxygens (including phenoxy) is 1. The van der Waals surface area contributed by atoms with E-state index >= 15 is 0 Å². The molecule has 2 fully saturated rings. The Labute approximate surface area is 213 Å². The fourth-order valence-electron chi connectivity index (χ4n) is 5.74. The number of rotatable bonds is 7. The van der Waals surface area contributed by atoms with Crippen molar-refractivity contribution < 1.29 is 9.53 Å². The van der Waals surface area contributed by atoms with E-state index in [1.165, 1.54) is 12.0 Å². The summed E-state index contributed by atoms with van der Waals surface area (Å²) in [7, 11) is 0. The van der Waals surface area contributed by atoms with Crippen LogP contribution in [0.15, 0.2) is 59.4 Å². The van der Waals surface area contributed by atoms with Crippen LogP contribution in [0, 0.1) is 12.8 Å². The molecule has 1 aliphatic carbocycles. The predicted octanol–water partition coefficient (Wildman–Crippen LogP) is 4.82. The molecule has 0 bridgehead atoms. The summed E-state index contributed by atoms with van der Waals surface area (Å²) < 4.78 is 5.63. The molecule has 3 aromatic rings. The van der Waals surface area contributed by atoms with E-state index in [0.29, 0.717) is 31.9 Å². The van der Waals surface area contributed by atoms with Crippen molar-refractivity contribution in [3.05, 3.63) is 81.6 Å². The van der Waals surface area contributed by atoms with Gasteiger partial charge in [0.05, 0.1) is 25.8 Å². The normalized spacial score (nSPS) is 18.2. The van der Waals surface area contributed by atoms with Crippen LogP contribution < -0.4 is 5.56 Å². The lowest BCUT2D eigenvalue weighted by Gasteiger charge is -2.39. The van der Waals surface area contributed by atoms with Crippen LogP contribution >= 0.6 is 0 Å². The summed E-state index contributed by atoms with van der Waals surface area (Å²) in [6.45, 7) is 6.00. The Hall–Kier alpha value is -2.96. The highest BCUT2D eigenvalue weighted by Gasteiger charge is 2.31. The molecule has 1 unspecified atom stereocenters. The molecule has 0 spiro atoms.